The van der Waals surface area contributed by atoms with Gasteiger partial charge in [0.2, 0.25) is 0 Å². The van der Waals surface area contributed by atoms with Crippen LogP contribution < -0.4 is 21.9 Å². The Morgan fingerprint density at radius 2 is 1.96 bits per heavy atom. The van der Waals surface area contributed by atoms with Gasteiger partial charge in [-0.1, -0.05) is 6.07 Å². The molecule has 0 saturated heterocycles. The maximum absolute atomic E-state index is 12.0. The van der Waals surface area contributed by atoms with Crippen LogP contribution >= 0.6 is 0 Å². The van der Waals surface area contributed by atoms with Crippen LogP contribution in [0.1, 0.15) is 16.7 Å². The normalized spacial score (nSPS) is 13.1. The molecule has 8 nitrogen and oxygen atoms in total. The van der Waals surface area contributed by atoms with E-state index in [2.05, 4.69) is 16.2 Å². The first kappa shape index (κ1) is 18.3. The Hall–Kier alpha value is -3.51. The molecule has 9 heteroatoms. The third kappa shape index (κ3) is 3.56. The Kier molecular flexibility index (Phi) is 4.51. The van der Waals surface area contributed by atoms with Gasteiger partial charge in [0, 0.05) is 17.5 Å². The van der Waals surface area contributed by atoms with Crippen LogP contribution in [0.25, 0.3) is 5.70 Å². The molecular weight excluding hydrogens is 366 g/mol. The molecule has 2 aromatic rings. The number of hydrogen-bond donors (Lipinski definition) is 4. The summed E-state index contributed by atoms with van der Waals surface area (Å²) < 4.78 is 24.1. The Labute approximate surface area is 156 Å². The Bertz CT molecular complexity index is 1130. The molecule has 0 saturated carbocycles. The lowest BCUT2D eigenvalue weighted by atomic mass is 10.0. The van der Waals surface area contributed by atoms with Crippen molar-refractivity contribution in [3.05, 3.63) is 58.8 Å². The summed E-state index contributed by atoms with van der Waals surface area (Å²) in [5, 5.41) is 12.2. The number of carbonyl (C=O) groups excluding carboxylic acids is 1. The van der Waals surface area contributed by atoms with E-state index in [0.717, 1.165) is 6.26 Å². The minimum absolute atomic E-state index is 0.0508. The maximum Gasteiger partial charge on any atom is 0.268 e. The van der Waals surface area contributed by atoms with Crippen molar-refractivity contribution in [2.45, 2.75) is 11.8 Å². The van der Waals surface area contributed by atoms with Crippen LogP contribution in [0, 0.1) is 18.3 Å². The van der Waals surface area contributed by atoms with E-state index in [4.69, 9.17) is 11.0 Å². The first-order valence-electron chi connectivity index (χ1n) is 7.89. The van der Waals surface area contributed by atoms with Crippen LogP contribution in [0.4, 0.5) is 11.4 Å². The Morgan fingerprint density at radius 3 is 2.59 bits per heavy atom. The van der Waals surface area contributed by atoms with E-state index in [1.165, 1.54) is 6.07 Å². The first-order valence-corrected chi connectivity index (χ1v) is 9.78. The van der Waals surface area contributed by atoms with E-state index in [0.29, 0.717) is 33.8 Å². The van der Waals surface area contributed by atoms with Crippen LogP contribution in [-0.2, 0) is 14.6 Å². The summed E-state index contributed by atoms with van der Waals surface area (Å²) in [6, 6.07) is 11.7. The van der Waals surface area contributed by atoms with Crippen LogP contribution in [0.15, 0.2) is 47.0 Å². The maximum atomic E-state index is 12.0. The molecule has 1 aliphatic heterocycles. The zero-order valence-corrected chi connectivity index (χ0v) is 15.4. The number of carbonyl (C=O) groups is 1. The number of nitrogens with one attached hydrogen (secondary N) is 3. The van der Waals surface area contributed by atoms with Crippen molar-refractivity contribution in [2.75, 3.05) is 17.0 Å². The predicted octanol–water partition coefficient (Wildman–Crippen LogP) is 1.47. The minimum atomic E-state index is -3.46. The molecule has 5 N–H and O–H groups in total. The molecule has 0 aliphatic carbocycles. The number of amides is 1. The number of fused-ring (bicyclic) bond motifs is 1. The number of nitrogens with zero attached hydrogens (tertiary/aromatic N) is 1. The fourth-order valence-electron chi connectivity index (χ4n) is 2.78. The summed E-state index contributed by atoms with van der Waals surface area (Å²) in [7, 11) is -3.46. The highest BCUT2D eigenvalue weighted by Crippen LogP contribution is 2.35. The Balaban J connectivity index is 2.22. The van der Waals surface area contributed by atoms with Gasteiger partial charge >= 0.3 is 0 Å². The summed E-state index contributed by atoms with van der Waals surface area (Å²) in [6.45, 7) is 1.76. The highest BCUT2D eigenvalue weighted by atomic mass is 32.2. The highest BCUT2D eigenvalue weighted by molar-refractivity contribution is 7.90. The summed E-state index contributed by atoms with van der Waals surface area (Å²) in [5.41, 5.74) is 14.2. The van der Waals surface area contributed by atoms with Crippen molar-refractivity contribution < 1.29 is 13.2 Å². The van der Waals surface area contributed by atoms with E-state index >= 15 is 0 Å². The lowest BCUT2D eigenvalue weighted by Crippen LogP contribution is -2.36. The fraction of sp³-hybridized carbons (Fsp3) is 0.111. The predicted molar refractivity (Wildman–Crippen MR) is 102 cm³/mol. The van der Waals surface area contributed by atoms with E-state index in [1.807, 2.05) is 6.07 Å². The lowest BCUT2D eigenvalue weighted by Gasteiger charge is -2.27. The third-order valence-electron chi connectivity index (χ3n) is 4.08. The molecule has 27 heavy (non-hydrogen) atoms. The molecule has 0 unspecified atom stereocenters. The number of nitriles is 1. The zero-order chi connectivity index (χ0) is 19.8. The second-order valence-electron chi connectivity index (χ2n) is 6.12. The standard InChI is InChI=1S/C18H17N5O3S/c1-10-6-13(27(2,25)26)8-14-15(10)22-23-17(18(20)24)16(14)21-12-5-3-4-11(7-12)9-19/h3-8,21-23H,1-2H3,(H2,20,24). The SMILES string of the molecule is Cc1cc(S(C)(=O)=O)cc2c1NNC(C(N)=O)=C2Nc1cccc(C#N)c1. The quantitative estimate of drug-likeness (QED) is 0.627. The van der Waals surface area contributed by atoms with Gasteiger partial charge in [0.1, 0.15) is 5.70 Å². The van der Waals surface area contributed by atoms with Gasteiger partial charge in [0.25, 0.3) is 5.91 Å². The fourth-order valence-corrected chi connectivity index (χ4v) is 3.50. The van der Waals surface area contributed by atoms with Crippen molar-refractivity contribution in [3.63, 3.8) is 0 Å². The van der Waals surface area contributed by atoms with Crippen LogP contribution in [0.2, 0.25) is 0 Å². The van der Waals surface area contributed by atoms with Gasteiger partial charge in [-0.3, -0.25) is 15.6 Å². The number of rotatable bonds is 4. The molecule has 138 valence electrons. The molecule has 3 rings (SSSR count). The van der Waals surface area contributed by atoms with E-state index in [1.54, 1.807) is 37.3 Å². The third-order valence-corrected chi connectivity index (χ3v) is 5.17. The van der Waals surface area contributed by atoms with Crippen LogP contribution in [0.5, 0.6) is 0 Å². The van der Waals surface area contributed by atoms with Gasteiger partial charge < -0.3 is 11.1 Å². The average Bonchev–Trinajstić information content (AvgIpc) is 2.61. The topological polar surface area (TPSA) is 137 Å². The molecule has 0 radical (unpaired) electrons. The van der Waals surface area contributed by atoms with Crippen molar-refractivity contribution in [2.24, 2.45) is 5.73 Å². The average molecular weight is 383 g/mol. The molecule has 1 heterocycles. The van der Waals surface area contributed by atoms with E-state index < -0.39 is 15.7 Å². The summed E-state index contributed by atoms with van der Waals surface area (Å²) in [4.78, 5) is 12.0. The van der Waals surface area contributed by atoms with Crippen LogP contribution in [0.3, 0.4) is 0 Å². The smallest absolute Gasteiger partial charge is 0.268 e. The molecular formula is C18H17N5O3S. The second-order valence-corrected chi connectivity index (χ2v) is 8.13. The zero-order valence-electron chi connectivity index (χ0n) is 14.6. The molecule has 2 aromatic carbocycles. The Morgan fingerprint density at radius 1 is 1.22 bits per heavy atom. The number of primary amides is 1. The minimum Gasteiger partial charge on any atom is -0.364 e. The highest BCUT2D eigenvalue weighted by Gasteiger charge is 2.25. The van der Waals surface area contributed by atoms with E-state index in [9.17, 15) is 13.2 Å². The molecule has 0 fully saturated rings. The summed E-state index contributed by atoms with van der Waals surface area (Å²) >= 11 is 0. The van der Waals surface area contributed by atoms with Gasteiger partial charge in [-0.25, -0.2) is 8.42 Å². The van der Waals surface area contributed by atoms with Gasteiger partial charge in [-0.05, 0) is 42.8 Å². The largest absolute Gasteiger partial charge is 0.364 e. The van der Waals surface area contributed by atoms with Crippen LogP contribution in [-0.4, -0.2) is 20.6 Å². The second kappa shape index (κ2) is 6.66. The van der Waals surface area contributed by atoms with Crippen molar-refractivity contribution in [1.29, 1.82) is 5.26 Å². The van der Waals surface area contributed by atoms with E-state index in [-0.39, 0.29) is 10.6 Å². The van der Waals surface area contributed by atoms with Crippen molar-refractivity contribution in [3.8, 4) is 6.07 Å². The molecule has 1 amide bonds. The molecule has 0 aromatic heterocycles. The van der Waals surface area contributed by atoms with Crippen molar-refractivity contribution >= 4 is 32.8 Å². The summed E-state index contributed by atoms with van der Waals surface area (Å²) in [5.74, 6) is -0.727. The lowest BCUT2D eigenvalue weighted by molar-refractivity contribution is -0.114. The molecule has 0 bridgehead atoms. The number of anilines is 2. The first-order chi connectivity index (χ1) is 12.7. The number of sulfone groups is 1. The molecule has 1 aliphatic rings. The number of nitrogens with two attached hydrogens (primary N) is 1. The molecule has 0 spiro atoms. The number of benzene rings is 2. The summed E-state index contributed by atoms with van der Waals surface area (Å²) in [6.07, 6.45) is 1.12. The van der Waals surface area contributed by atoms with Crippen molar-refractivity contribution in [1.82, 2.24) is 5.43 Å². The monoisotopic (exact) mass is 383 g/mol. The van der Waals surface area contributed by atoms with Gasteiger partial charge in [-0.2, -0.15) is 5.26 Å². The number of hydrogen-bond acceptors (Lipinski definition) is 7. The number of aryl methyl sites for hydroxylation is 1. The molecule has 0 atom stereocenters. The van der Waals surface area contributed by atoms with Gasteiger partial charge in [0.15, 0.2) is 9.84 Å². The number of hydrazine groups is 1. The van der Waals surface area contributed by atoms with Gasteiger partial charge in [-0.15, -0.1) is 0 Å². The van der Waals surface area contributed by atoms with Gasteiger partial charge in [0.05, 0.1) is 27.9 Å².